The molecule has 0 spiro atoms. The second kappa shape index (κ2) is 7.28. The van der Waals surface area contributed by atoms with Gasteiger partial charge in [-0.25, -0.2) is 0 Å². The third kappa shape index (κ3) is 3.85. The number of nitrogens with zero attached hydrogens (tertiary/aromatic N) is 1. The van der Waals surface area contributed by atoms with Gasteiger partial charge in [0.05, 0.1) is 10.6 Å². The smallest absolute Gasteiger partial charge is 0.257 e. The van der Waals surface area contributed by atoms with Crippen molar-refractivity contribution >= 4 is 34.8 Å². The van der Waals surface area contributed by atoms with E-state index in [0.29, 0.717) is 41.6 Å². The van der Waals surface area contributed by atoms with Crippen LogP contribution in [0.2, 0.25) is 5.02 Å². The van der Waals surface area contributed by atoms with Gasteiger partial charge in [0.15, 0.2) is 0 Å². The van der Waals surface area contributed by atoms with Gasteiger partial charge < -0.3 is 10.2 Å². The minimum Gasteiger partial charge on any atom is -0.322 e. The lowest BCUT2D eigenvalue weighted by atomic mass is 9.99. The van der Waals surface area contributed by atoms with Gasteiger partial charge in [-0.05, 0) is 48.2 Å². The standard InChI is InChI=1S/C20H21ClN2O2/c1-13(2)12-23-18-9-8-15(11-14(18)7-10-19(23)24)22-20(25)16-5-3-4-6-17(16)21/h3-6,8-9,11,13H,7,10,12H2,1-2H3,(H,22,25). The van der Waals surface area contributed by atoms with Crippen molar-refractivity contribution in [3.05, 3.63) is 58.6 Å². The highest BCUT2D eigenvalue weighted by Gasteiger charge is 2.25. The average Bonchev–Trinajstić information content (AvgIpc) is 2.57. The van der Waals surface area contributed by atoms with E-state index >= 15 is 0 Å². The summed E-state index contributed by atoms with van der Waals surface area (Å²) in [6.07, 6.45) is 1.19. The molecule has 0 fully saturated rings. The molecule has 2 aromatic carbocycles. The first kappa shape index (κ1) is 17.5. The maximum Gasteiger partial charge on any atom is 0.257 e. The van der Waals surface area contributed by atoms with Crippen molar-refractivity contribution < 1.29 is 9.59 Å². The predicted molar refractivity (Wildman–Crippen MR) is 101 cm³/mol. The SMILES string of the molecule is CC(C)CN1C(=O)CCc2cc(NC(=O)c3ccccc3Cl)ccc21. The summed E-state index contributed by atoms with van der Waals surface area (Å²) in [6, 6.07) is 12.7. The van der Waals surface area contributed by atoms with Crippen LogP contribution in [-0.4, -0.2) is 18.4 Å². The van der Waals surface area contributed by atoms with Crippen LogP contribution in [0.1, 0.15) is 36.2 Å². The van der Waals surface area contributed by atoms with E-state index in [1.54, 1.807) is 24.3 Å². The van der Waals surface area contributed by atoms with Gasteiger partial charge >= 0.3 is 0 Å². The summed E-state index contributed by atoms with van der Waals surface area (Å²) in [5.74, 6) is 0.319. The fraction of sp³-hybridized carbons (Fsp3) is 0.300. The Labute approximate surface area is 152 Å². The minimum absolute atomic E-state index is 0.161. The van der Waals surface area contributed by atoms with Crippen LogP contribution in [0.3, 0.4) is 0 Å². The zero-order valence-corrected chi connectivity index (χ0v) is 15.1. The first-order valence-corrected chi connectivity index (χ1v) is 8.82. The van der Waals surface area contributed by atoms with E-state index in [1.165, 1.54) is 0 Å². The summed E-state index contributed by atoms with van der Waals surface area (Å²) in [7, 11) is 0. The highest BCUT2D eigenvalue weighted by Crippen LogP contribution is 2.31. The van der Waals surface area contributed by atoms with Gasteiger partial charge in [-0.2, -0.15) is 0 Å². The van der Waals surface area contributed by atoms with Crippen molar-refractivity contribution in [2.45, 2.75) is 26.7 Å². The zero-order chi connectivity index (χ0) is 18.0. The van der Waals surface area contributed by atoms with Crippen LogP contribution in [0.25, 0.3) is 0 Å². The van der Waals surface area contributed by atoms with Crippen molar-refractivity contribution in [3.63, 3.8) is 0 Å². The second-order valence-electron chi connectivity index (χ2n) is 6.68. The van der Waals surface area contributed by atoms with Gasteiger partial charge in [0.1, 0.15) is 0 Å². The van der Waals surface area contributed by atoms with E-state index in [2.05, 4.69) is 19.2 Å². The highest BCUT2D eigenvalue weighted by molar-refractivity contribution is 6.34. The molecule has 2 amide bonds. The summed E-state index contributed by atoms with van der Waals surface area (Å²) < 4.78 is 0. The maximum absolute atomic E-state index is 12.4. The molecule has 0 bridgehead atoms. The Balaban J connectivity index is 1.83. The third-order valence-electron chi connectivity index (χ3n) is 4.20. The number of fused-ring (bicyclic) bond motifs is 1. The fourth-order valence-electron chi connectivity index (χ4n) is 3.05. The number of amides is 2. The van der Waals surface area contributed by atoms with Gasteiger partial charge in [-0.3, -0.25) is 9.59 Å². The molecule has 5 heteroatoms. The average molecular weight is 357 g/mol. The molecule has 130 valence electrons. The lowest BCUT2D eigenvalue weighted by Gasteiger charge is -2.31. The summed E-state index contributed by atoms with van der Waals surface area (Å²) in [4.78, 5) is 26.5. The number of benzene rings is 2. The summed E-state index contributed by atoms with van der Waals surface area (Å²) in [5.41, 5.74) is 3.18. The molecule has 3 rings (SSSR count). The normalized spacial score (nSPS) is 13.8. The van der Waals surface area contributed by atoms with Crippen LogP contribution in [0.4, 0.5) is 11.4 Å². The summed E-state index contributed by atoms with van der Waals surface area (Å²) in [6.45, 7) is 4.90. The number of anilines is 2. The molecule has 0 radical (unpaired) electrons. The first-order chi connectivity index (χ1) is 12.0. The Morgan fingerprint density at radius 2 is 1.96 bits per heavy atom. The van der Waals surface area contributed by atoms with Crippen molar-refractivity contribution in [2.75, 3.05) is 16.8 Å². The van der Waals surface area contributed by atoms with Crippen molar-refractivity contribution in [3.8, 4) is 0 Å². The molecule has 1 aliphatic heterocycles. The van der Waals surface area contributed by atoms with E-state index in [1.807, 2.05) is 23.1 Å². The molecule has 0 aliphatic carbocycles. The van der Waals surface area contributed by atoms with Gasteiger partial charge in [0.25, 0.3) is 5.91 Å². The maximum atomic E-state index is 12.4. The molecule has 0 atom stereocenters. The molecule has 1 N–H and O–H groups in total. The molecule has 4 nitrogen and oxygen atoms in total. The molecule has 2 aromatic rings. The minimum atomic E-state index is -0.239. The Kier molecular flexibility index (Phi) is 5.09. The van der Waals surface area contributed by atoms with Gasteiger partial charge in [-0.1, -0.05) is 37.6 Å². The van der Waals surface area contributed by atoms with Crippen LogP contribution in [-0.2, 0) is 11.2 Å². The molecular weight excluding hydrogens is 336 g/mol. The number of carbonyl (C=O) groups is 2. The van der Waals surface area contributed by atoms with Crippen LogP contribution >= 0.6 is 11.6 Å². The Bertz CT molecular complexity index is 817. The fourth-order valence-corrected chi connectivity index (χ4v) is 3.27. The number of halogens is 1. The molecule has 0 saturated carbocycles. The summed E-state index contributed by atoms with van der Waals surface area (Å²) >= 11 is 6.08. The quantitative estimate of drug-likeness (QED) is 0.875. The Morgan fingerprint density at radius 3 is 2.68 bits per heavy atom. The Hall–Kier alpha value is -2.33. The third-order valence-corrected chi connectivity index (χ3v) is 4.53. The van der Waals surface area contributed by atoms with E-state index in [4.69, 9.17) is 11.6 Å². The zero-order valence-electron chi connectivity index (χ0n) is 14.4. The van der Waals surface area contributed by atoms with Crippen molar-refractivity contribution in [1.82, 2.24) is 0 Å². The van der Waals surface area contributed by atoms with E-state index < -0.39 is 0 Å². The molecule has 1 heterocycles. The van der Waals surface area contributed by atoms with Crippen LogP contribution in [0, 0.1) is 5.92 Å². The molecule has 1 aliphatic rings. The number of carbonyl (C=O) groups excluding carboxylic acids is 2. The monoisotopic (exact) mass is 356 g/mol. The molecule has 0 aromatic heterocycles. The molecule has 0 unspecified atom stereocenters. The van der Waals surface area contributed by atoms with Crippen LogP contribution in [0.15, 0.2) is 42.5 Å². The number of hydrogen-bond donors (Lipinski definition) is 1. The lowest BCUT2D eigenvalue weighted by molar-refractivity contribution is -0.119. The first-order valence-electron chi connectivity index (χ1n) is 8.45. The predicted octanol–water partition coefficient (Wildman–Crippen LogP) is 4.53. The molecular formula is C20H21ClN2O2. The van der Waals surface area contributed by atoms with E-state index in [0.717, 1.165) is 11.3 Å². The van der Waals surface area contributed by atoms with Gasteiger partial charge in [0, 0.05) is 24.3 Å². The van der Waals surface area contributed by atoms with Crippen LogP contribution < -0.4 is 10.2 Å². The number of aryl methyl sites for hydroxylation is 1. The van der Waals surface area contributed by atoms with Crippen molar-refractivity contribution in [2.24, 2.45) is 5.92 Å². The highest BCUT2D eigenvalue weighted by atomic mass is 35.5. The topological polar surface area (TPSA) is 49.4 Å². The summed E-state index contributed by atoms with van der Waals surface area (Å²) in [5, 5.41) is 3.31. The van der Waals surface area contributed by atoms with Crippen LogP contribution in [0.5, 0.6) is 0 Å². The van der Waals surface area contributed by atoms with E-state index in [9.17, 15) is 9.59 Å². The largest absolute Gasteiger partial charge is 0.322 e. The van der Waals surface area contributed by atoms with Gasteiger partial charge in [-0.15, -0.1) is 0 Å². The van der Waals surface area contributed by atoms with Crippen molar-refractivity contribution in [1.29, 1.82) is 0 Å². The lowest BCUT2D eigenvalue weighted by Crippen LogP contribution is -2.37. The molecule has 25 heavy (non-hydrogen) atoms. The number of hydrogen-bond acceptors (Lipinski definition) is 2. The number of nitrogens with one attached hydrogen (secondary N) is 1. The molecule has 0 saturated heterocycles. The Morgan fingerprint density at radius 1 is 1.20 bits per heavy atom. The van der Waals surface area contributed by atoms with E-state index in [-0.39, 0.29) is 11.8 Å². The number of rotatable bonds is 4. The van der Waals surface area contributed by atoms with Gasteiger partial charge in [0.2, 0.25) is 5.91 Å². The second-order valence-corrected chi connectivity index (χ2v) is 7.08.